The smallest absolute Gasteiger partial charge is 0.337 e. The number of fused-ring (bicyclic) bond motifs is 2. The van der Waals surface area contributed by atoms with Crippen LogP contribution in [0.3, 0.4) is 0 Å². The number of aromatic nitrogens is 2. The summed E-state index contributed by atoms with van der Waals surface area (Å²) in [6.07, 6.45) is -0.124. The summed E-state index contributed by atoms with van der Waals surface area (Å²) < 4.78 is 5.52. The molecule has 0 amide bonds. The van der Waals surface area contributed by atoms with Crippen LogP contribution in [0.4, 0.5) is 5.69 Å². The van der Waals surface area contributed by atoms with Crippen molar-refractivity contribution >= 4 is 50.8 Å². The Kier molecular flexibility index (Phi) is 4.38. The lowest BCUT2D eigenvalue weighted by Gasteiger charge is -2.01. The van der Waals surface area contributed by atoms with Crippen LogP contribution in [0.5, 0.6) is 0 Å². The highest BCUT2D eigenvalue weighted by Crippen LogP contribution is 2.35. The van der Waals surface area contributed by atoms with Gasteiger partial charge in [0, 0.05) is 27.0 Å². The van der Waals surface area contributed by atoms with Crippen LogP contribution in [0, 0.1) is 6.57 Å². The van der Waals surface area contributed by atoms with Crippen molar-refractivity contribution in [1.82, 2.24) is 9.97 Å². The van der Waals surface area contributed by atoms with E-state index < -0.39 is 5.97 Å². The average Bonchev–Trinajstić information content (AvgIpc) is 3.48. The number of hydrogen-bond donors (Lipinski definition) is 2. The number of carbonyl (C=O) groups is 2. The van der Waals surface area contributed by atoms with Crippen LogP contribution in [0.2, 0.25) is 0 Å². The number of nitrogens with zero attached hydrogens (tertiary/aromatic N) is 2. The second-order valence-electron chi connectivity index (χ2n) is 6.91. The van der Waals surface area contributed by atoms with E-state index in [1.807, 2.05) is 6.07 Å². The first-order valence-corrected chi connectivity index (χ1v) is 10.1. The van der Waals surface area contributed by atoms with E-state index in [-0.39, 0.29) is 23.7 Å². The molecule has 0 saturated heterocycles. The molecule has 0 aliphatic carbocycles. The number of aromatic carboxylic acids is 1. The summed E-state index contributed by atoms with van der Waals surface area (Å²) >= 11 is 1.21. The lowest BCUT2D eigenvalue weighted by Crippen LogP contribution is -2.07. The van der Waals surface area contributed by atoms with Crippen molar-refractivity contribution in [2.75, 3.05) is 0 Å². The highest BCUT2D eigenvalue weighted by Gasteiger charge is 2.24. The molecule has 0 radical (unpaired) electrons. The van der Waals surface area contributed by atoms with E-state index in [9.17, 15) is 14.7 Å². The molecule has 0 bridgehead atoms. The van der Waals surface area contributed by atoms with Gasteiger partial charge in [-0.15, -0.1) is 11.3 Å². The standard InChI is InChI=1S/C23H13N3O4S/c1-24-13-6-7-15-12(8-13)9-17(25-15)14-11-31-20(21(14)23(28)29)10-18(27)22-26-16-4-2-3-5-19(16)30-22/h2-9,11,25H,10H2,(H,28,29). The Morgan fingerprint density at radius 1 is 1.19 bits per heavy atom. The van der Waals surface area contributed by atoms with Crippen LogP contribution >= 0.6 is 11.3 Å². The normalized spacial score (nSPS) is 11.1. The van der Waals surface area contributed by atoms with Crippen molar-refractivity contribution in [3.05, 3.63) is 81.7 Å². The summed E-state index contributed by atoms with van der Waals surface area (Å²) in [6.45, 7) is 7.15. The van der Waals surface area contributed by atoms with Crippen LogP contribution in [-0.4, -0.2) is 26.8 Å². The van der Waals surface area contributed by atoms with Gasteiger partial charge in [0.15, 0.2) is 11.3 Å². The molecule has 0 aliphatic heterocycles. The number of ketones is 1. The predicted molar refractivity (Wildman–Crippen MR) is 117 cm³/mol. The van der Waals surface area contributed by atoms with E-state index in [1.165, 1.54) is 11.3 Å². The molecule has 2 N–H and O–H groups in total. The van der Waals surface area contributed by atoms with Gasteiger partial charge in [-0.3, -0.25) is 4.79 Å². The van der Waals surface area contributed by atoms with Crippen LogP contribution in [0.25, 0.3) is 38.1 Å². The highest BCUT2D eigenvalue weighted by molar-refractivity contribution is 7.11. The topological polar surface area (TPSA) is 101 Å². The number of H-pyrrole nitrogens is 1. The number of aromatic amines is 1. The molecule has 150 valence electrons. The summed E-state index contributed by atoms with van der Waals surface area (Å²) in [4.78, 5) is 36.0. The van der Waals surface area contributed by atoms with E-state index in [1.54, 1.807) is 47.8 Å². The first-order valence-electron chi connectivity index (χ1n) is 9.26. The Bertz CT molecular complexity index is 1500. The van der Waals surface area contributed by atoms with Crippen molar-refractivity contribution in [3.63, 3.8) is 0 Å². The lowest BCUT2D eigenvalue weighted by molar-refractivity contribution is 0.0697. The number of hydrogen-bond acceptors (Lipinski definition) is 5. The molecule has 5 rings (SSSR count). The van der Waals surface area contributed by atoms with E-state index in [4.69, 9.17) is 11.0 Å². The van der Waals surface area contributed by atoms with Crippen LogP contribution in [-0.2, 0) is 6.42 Å². The Morgan fingerprint density at radius 3 is 2.81 bits per heavy atom. The minimum atomic E-state index is -1.11. The lowest BCUT2D eigenvalue weighted by atomic mass is 10.1. The van der Waals surface area contributed by atoms with Crippen molar-refractivity contribution in [2.45, 2.75) is 6.42 Å². The molecule has 0 fully saturated rings. The third-order valence-corrected chi connectivity index (χ3v) is 5.94. The summed E-state index contributed by atoms with van der Waals surface area (Å²) in [6, 6.07) is 14.1. The maximum atomic E-state index is 12.7. The maximum absolute atomic E-state index is 12.7. The molecule has 0 atom stereocenters. The number of benzene rings is 2. The maximum Gasteiger partial charge on any atom is 0.337 e. The molecular formula is C23H13N3O4S. The number of nitrogens with one attached hydrogen (secondary N) is 1. The summed E-state index contributed by atoms with van der Waals surface area (Å²) in [5.41, 5.74) is 3.58. The number of Topliss-reactive ketones (excluding diaryl/α,β-unsaturated/α-hetero) is 1. The largest absolute Gasteiger partial charge is 0.478 e. The Hall–Kier alpha value is -4.22. The van der Waals surface area contributed by atoms with Crippen LogP contribution in [0.1, 0.15) is 25.9 Å². The third-order valence-electron chi connectivity index (χ3n) is 4.96. The van der Waals surface area contributed by atoms with E-state index in [0.29, 0.717) is 32.9 Å². The summed E-state index contributed by atoms with van der Waals surface area (Å²) in [7, 11) is 0. The van der Waals surface area contributed by atoms with Gasteiger partial charge < -0.3 is 14.5 Å². The fourth-order valence-electron chi connectivity index (χ4n) is 3.51. The number of carboxylic acids is 1. The predicted octanol–water partition coefficient (Wildman–Crippen LogP) is 5.71. The van der Waals surface area contributed by atoms with Gasteiger partial charge >= 0.3 is 5.97 Å². The van der Waals surface area contributed by atoms with E-state index in [2.05, 4.69) is 14.8 Å². The second kappa shape index (κ2) is 7.23. The second-order valence-corrected chi connectivity index (χ2v) is 7.87. The van der Waals surface area contributed by atoms with Crippen molar-refractivity contribution in [2.24, 2.45) is 0 Å². The molecule has 0 aliphatic rings. The minimum absolute atomic E-state index is 0.0372. The molecular weight excluding hydrogens is 414 g/mol. The molecule has 3 heterocycles. The minimum Gasteiger partial charge on any atom is -0.478 e. The van der Waals surface area contributed by atoms with Crippen LogP contribution in [0.15, 0.2) is 58.3 Å². The van der Waals surface area contributed by atoms with Gasteiger partial charge in [-0.25, -0.2) is 14.6 Å². The summed E-state index contributed by atoms with van der Waals surface area (Å²) in [5.74, 6) is -1.53. The number of carboxylic acid groups (broad SMARTS) is 1. The van der Waals surface area contributed by atoms with Gasteiger partial charge in [0.1, 0.15) is 5.52 Å². The molecule has 0 saturated carbocycles. The first-order chi connectivity index (χ1) is 15.0. The van der Waals surface area contributed by atoms with Gasteiger partial charge in [0.2, 0.25) is 5.78 Å². The SMILES string of the molecule is [C-]#[N+]c1ccc2[nH]c(-c3csc(CC(=O)c4nc5ccccc5o4)c3C(=O)O)cc2c1. The first kappa shape index (κ1) is 18.8. The van der Waals surface area contributed by atoms with Gasteiger partial charge in [0.25, 0.3) is 5.89 Å². The Labute approximate surface area is 179 Å². The average molecular weight is 427 g/mol. The van der Waals surface area contributed by atoms with E-state index >= 15 is 0 Å². The fraction of sp³-hybridized carbons (Fsp3) is 0.0435. The molecule has 2 aromatic carbocycles. The zero-order chi connectivity index (χ0) is 21.5. The molecule has 0 unspecified atom stereocenters. The Balaban J connectivity index is 1.52. The number of rotatable bonds is 5. The van der Waals surface area contributed by atoms with Crippen molar-refractivity contribution in [1.29, 1.82) is 0 Å². The molecule has 31 heavy (non-hydrogen) atoms. The third kappa shape index (κ3) is 3.27. The van der Waals surface area contributed by atoms with Crippen LogP contribution < -0.4 is 0 Å². The fourth-order valence-corrected chi connectivity index (χ4v) is 4.54. The number of carbonyl (C=O) groups excluding carboxylic acids is 1. The molecule has 3 aromatic heterocycles. The van der Waals surface area contributed by atoms with Crippen molar-refractivity contribution in [3.8, 4) is 11.3 Å². The molecule has 7 nitrogen and oxygen atoms in total. The quantitative estimate of drug-likeness (QED) is 0.276. The molecule has 8 heteroatoms. The van der Waals surface area contributed by atoms with Crippen molar-refractivity contribution < 1.29 is 19.1 Å². The Morgan fingerprint density at radius 2 is 2.03 bits per heavy atom. The highest BCUT2D eigenvalue weighted by atomic mass is 32.1. The van der Waals surface area contributed by atoms with Gasteiger partial charge in [0.05, 0.1) is 18.6 Å². The molecule has 0 spiro atoms. The number of thiophene rings is 1. The number of oxazole rings is 1. The summed E-state index contributed by atoms with van der Waals surface area (Å²) in [5, 5.41) is 12.4. The van der Waals surface area contributed by atoms with Gasteiger partial charge in [-0.2, -0.15) is 0 Å². The number of para-hydroxylation sites is 2. The monoisotopic (exact) mass is 427 g/mol. The van der Waals surface area contributed by atoms with Gasteiger partial charge in [-0.05, 0) is 35.7 Å². The zero-order valence-corrected chi connectivity index (χ0v) is 16.7. The van der Waals surface area contributed by atoms with E-state index in [0.717, 1.165) is 10.9 Å². The zero-order valence-electron chi connectivity index (χ0n) is 15.9. The van der Waals surface area contributed by atoms with Gasteiger partial charge in [-0.1, -0.05) is 18.2 Å². The molecule has 5 aromatic rings.